The van der Waals surface area contributed by atoms with Gasteiger partial charge in [-0.05, 0) is 46.9 Å². The maximum atomic E-state index is 12.9. The molecule has 1 spiro atoms. The predicted molar refractivity (Wildman–Crippen MR) is 155 cm³/mol. The Bertz CT molecular complexity index is 1500. The van der Waals surface area contributed by atoms with Crippen molar-refractivity contribution in [2.75, 3.05) is 45.8 Å². The molecule has 0 radical (unpaired) electrons. The molecule has 2 heterocycles. The van der Waals surface area contributed by atoms with Gasteiger partial charge in [-0.1, -0.05) is 60.7 Å². The van der Waals surface area contributed by atoms with E-state index in [1.165, 1.54) is 11.1 Å². The lowest BCUT2D eigenvalue weighted by atomic mass is 9.92. The first-order valence-electron chi connectivity index (χ1n) is 13.5. The molecule has 1 amide bonds. The number of carbonyl (C=O) groups is 1. The summed E-state index contributed by atoms with van der Waals surface area (Å²) in [6.07, 6.45) is 4.99. The number of aromatic nitrogens is 2. The van der Waals surface area contributed by atoms with E-state index in [4.69, 9.17) is 9.47 Å². The minimum atomic E-state index is -0.427. The van der Waals surface area contributed by atoms with E-state index < -0.39 is 5.41 Å². The molecule has 6 rings (SSSR count). The van der Waals surface area contributed by atoms with E-state index in [2.05, 4.69) is 81.1 Å². The molecule has 1 aliphatic carbocycles. The third kappa shape index (κ3) is 4.89. The summed E-state index contributed by atoms with van der Waals surface area (Å²) < 4.78 is 10.5. The molecular formula is C32H34N4O3. The van der Waals surface area contributed by atoms with Crippen molar-refractivity contribution >= 4 is 34.6 Å². The van der Waals surface area contributed by atoms with E-state index >= 15 is 0 Å². The van der Waals surface area contributed by atoms with Crippen LogP contribution in [0.25, 0.3) is 23.1 Å². The number of rotatable bonds is 11. The van der Waals surface area contributed by atoms with Crippen LogP contribution in [-0.4, -0.2) is 61.5 Å². The second-order valence-electron chi connectivity index (χ2n) is 10.5. The van der Waals surface area contributed by atoms with Crippen LogP contribution in [0.2, 0.25) is 0 Å². The number of benzene rings is 3. The standard InChI is InChI=1S/C32H34N4O3/c1-38-17-15-36(16-18-39-2)21-23-9-7-22(8-10-23)11-14-28-25-13-12-24(19-30(25)35-34-28)27-20-32(27)26-5-3-4-6-29(26)33-31(32)37/h3-14,19,27H,15-18,20-21H2,1-2H3,(H,33,37)(H,34,35)/b14-11+/t27-,32-/m0/s1. The maximum absolute atomic E-state index is 12.9. The summed E-state index contributed by atoms with van der Waals surface area (Å²) in [5.74, 6) is 0.303. The zero-order valence-electron chi connectivity index (χ0n) is 22.4. The Morgan fingerprint density at radius 3 is 2.54 bits per heavy atom. The molecule has 0 saturated heterocycles. The van der Waals surface area contributed by atoms with Crippen LogP contribution in [-0.2, 0) is 26.2 Å². The molecule has 200 valence electrons. The molecule has 0 bridgehead atoms. The lowest BCUT2D eigenvalue weighted by Crippen LogP contribution is -2.30. The van der Waals surface area contributed by atoms with Crippen LogP contribution in [0.1, 0.15) is 40.3 Å². The van der Waals surface area contributed by atoms with Crippen LogP contribution >= 0.6 is 0 Å². The molecule has 2 N–H and O–H groups in total. The minimum absolute atomic E-state index is 0.116. The zero-order chi connectivity index (χ0) is 26.8. The predicted octanol–water partition coefficient (Wildman–Crippen LogP) is 5.21. The molecule has 1 saturated carbocycles. The molecule has 7 nitrogen and oxygen atoms in total. The quantitative estimate of drug-likeness (QED) is 0.283. The Morgan fingerprint density at radius 2 is 1.77 bits per heavy atom. The van der Waals surface area contributed by atoms with Gasteiger partial charge < -0.3 is 14.8 Å². The molecular weight excluding hydrogens is 488 g/mol. The number of methoxy groups -OCH3 is 2. The van der Waals surface area contributed by atoms with Crippen molar-refractivity contribution in [3.05, 3.63) is 94.7 Å². The summed E-state index contributed by atoms with van der Waals surface area (Å²) in [7, 11) is 3.46. The van der Waals surface area contributed by atoms with Crippen molar-refractivity contribution in [3.8, 4) is 0 Å². The number of para-hydroxylation sites is 1. The molecule has 2 aliphatic rings. The summed E-state index contributed by atoms with van der Waals surface area (Å²) in [5.41, 5.74) is 7.09. The van der Waals surface area contributed by atoms with E-state index in [1.807, 2.05) is 18.2 Å². The van der Waals surface area contributed by atoms with E-state index in [9.17, 15) is 4.79 Å². The van der Waals surface area contributed by atoms with Crippen LogP contribution in [0, 0.1) is 0 Å². The number of ether oxygens (including phenoxy) is 2. The molecule has 1 aliphatic heterocycles. The summed E-state index contributed by atoms with van der Waals surface area (Å²) >= 11 is 0. The first-order chi connectivity index (χ1) is 19.1. The van der Waals surface area contributed by atoms with Crippen molar-refractivity contribution in [1.82, 2.24) is 15.1 Å². The van der Waals surface area contributed by atoms with Gasteiger partial charge in [0.05, 0.1) is 29.8 Å². The SMILES string of the molecule is COCCN(CCOC)Cc1ccc(/C=C/c2n[nH]c3cc([C@@H]4C[C@@]45C(=O)Nc4ccccc45)ccc23)cc1. The van der Waals surface area contributed by atoms with E-state index in [0.717, 1.165) is 59.5 Å². The summed E-state index contributed by atoms with van der Waals surface area (Å²) in [6, 6.07) is 23.1. The number of carbonyl (C=O) groups excluding carboxylic acids is 1. The van der Waals surface area contributed by atoms with Crippen molar-refractivity contribution < 1.29 is 14.3 Å². The average Bonchev–Trinajstić information content (AvgIpc) is 3.50. The first kappa shape index (κ1) is 25.5. The highest BCUT2D eigenvalue weighted by atomic mass is 16.5. The van der Waals surface area contributed by atoms with Crippen molar-refractivity contribution in [2.45, 2.75) is 24.3 Å². The molecule has 39 heavy (non-hydrogen) atoms. The monoisotopic (exact) mass is 522 g/mol. The topological polar surface area (TPSA) is 79.5 Å². The molecule has 7 heteroatoms. The molecule has 1 fully saturated rings. The fraction of sp³-hybridized carbons (Fsp3) is 0.312. The summed E-state index contributed by atoms with van der Waals surface area (Å²) in [5, 5.41) is 11.9. The van der Waals surface area contributed by atoms with Gasteiger partial charge in [0.2, 0.25) is 5.91 Å². The van der Waals surface area contributed by atoms with Crippen LogP contribution in [0.5, 0.6) is 0 Å². The fourth-order valence-electron chi connectivity index (χ4n) is 5.83. The van der Waals surface area contributed by atoms with Gasteiger partial charge in [0.1, 0.15) is 0 Å². The number of hydrogen-bond acceptors (Lipinski definition) is 5. The van der Waals surface area contributed by atoms with Gasteiger partial charge in [-0.2, -0.15) is 5.10 Å². The third-order valence-electron chi connectivity index (χ3n) is 8.08. The molecule has 0 unspecified atom stereocenters. The van der Waals surface area contributed by atoms with Gasteiger partial charge in [-0.3, -0.25) is 14.8 Å². The number of H-pyrrole nitrogens is 1. The second-order valence-corrected chi connectivity index (χ2v) is 10.5. The van der Waals surface area contributed by atoms with Crippen molar-refractivity contribution in [3.63, 3.8) is 0 Å². The van der Waals surface area contributed by atoms with Crippen LogP contribution in [0.3, 0.4) is 0 Å². The van der Waals surface area contributed by atoms with Crippen LogP contribution in [0.4, 0.5) is 5.69 Å². The number of nitrogens with zero attached hydrogens (tertiary/aromatic N) is 2. The zero-order valence-corrected chi connectivity index (χ0v) is 22.4. The van der Waals surface area contributed by atoms with Gasteiger partial charge in [-0.15, -0.1) is 0 Å². The number of fused-ring (bicyclic) bond motifs is 3. The van der Waals surface area contributed by atoms with E-state index in [-0.39, 0.29) is 11.8 Å². The second kappa shape index (κ2) is 10.8. The average molecular weight is 523 g/mol. The number of anilines is 1. The minimum Gasteiger partial charge on any atom is -0.383 e. The molecule has 2 atom stereocenters. The van der Waals surface area contributed by atoms with Gasteiger partial charge in [0.25, 0.3) is 0 Å². The van der Waals surface area contributed by atoms with Gasteiger partial charge in [-0.25, -0.2) is 0 Å². The normalized spacial score (nSPS) is 19.9. The Kier molecular flexibility index (Phi) is 7.04. The lowest BCUT2D eigenvalue weighted by Gasteiger charge is -2.21. The number of amides is 1. The third-order valence-corrected chi connectivity index (χ3v) is 8.08. The maximum Gasteiger partial charge on any atom is 0.235 e. The highest BCUT2D eigenvalue weighted by Crippen LogP contribution is 2.64. The Morgan fingerprint density at radius 1 is 1.00 bits per heavy atom. The van der Waals surface area contributed by atoms with Gasteiger partial charge in [0, 0.05) is 50.8 Å². The number of nitrogens with one attached hydrogen (secondary N) is 2. The Hall–Kier alpha value is -3.78. The molecule has 3 aromatic carbocycles. The Balaban J connectivity index is 1.14. The largest absolute Gasteiger partial charge is 0.383 e. The van der Waals surface area contributed by atoms with E-state index in [1.54, 1.807) is 14.2 Å². The number of hydrogen-bond donors (Lipinski definition) is 2. The lowest BCUT2D eigenvalue weighted by molar-refractivity contribution is -0.118. The van der Waals surface area contributed by atoms with Crippen molar-refractivity contribution in [2.24, 2.45) is 0 Å². The van der Waals surface area contributed by atoms with Crippen LogP contribution < -0.4 is 5.32 Å². The van der Waals surface area contributed by atoms with Gasteiger partial charge >= 0.3 is 0 Å². The fourth-order valence-corrected chi connectivity index (χ4v) is 5.83. The van der Waals surface area contributed by atoms with Gasteiger partial charge in [0.15, 0.2) is 0 Å². The van der Waals surface area contributed by atoms with Crippen molar-refractivity contribution in [1.29, 1.82) is 0 Å². The van der Waals surface area contributed by atoms with E-state index in [0.29, 0.717) is 13.2 Å². The smallest absolute Gasteiger partial charge is 0.235 e. The molecule has 4 aromatic rings. The summed E-state index contributed by atoms with van der Waals surface area (Å²) in [4.78, 5) is 15.2. The first-order valence-corrected chi connectivity index (χ1v) is 13.5. The molecule has 1 aromatic heterocycles. The highest BCUT2D eigenvalue weighted by Gasteiger charge is 2.65. The highest BCUT2D eigenvalue weighted by molar-refractivity contribution is 6.09. The summed E-state index contributed by atoms with van der Waals surface area (Å²) in [6.45, 7) is 4.01. The number of aromatic amines is 1. The Labute approximate surface area is 228 Å². The van der Waals surface area contributed by atoms with Crippen LogP contribution in [0.15, 0.2) is 66.7 Å².